The van der Waals surface area contributed by atoms with Crippen LogP contribution in [0.25, 0.3) is 0 Å². The highest BCUT2D eigenvalue weighted by Crippen LogP contribution is 2.24. The molecule has 0 aliphatic carbocycles. The van der Waals surface area contributed by atoms with Gasteiger partial charge in [0, 0.05) is 23.2 Å². The SMILES string of the molecule is C=C(C#N)C(/C(C)=N\C)=C(/C)SF. The van der Waals surface area contributed by atoms with Crippen molar-refractivity contribution in [1.82, 2.24) is 0 Å². The van der Waals surface area contributed by atoms with Crippen LogP contribution in [0.3, 0.4) is 0 Å². The Bertz CT molecular complexity index is 310. The Hall–Kier alpha value is -1.08. The fourth-order valence-corrected chi connectivity index (χ4v) is 1.24. The predicted molar refractivity (Wildman–Crippen MR) is 55.2 cm³/mol. The average molecular weight is 198 g/mol. The lowest BCUT2D eigenvalue weighted by atomic mass is 10.0. The van der Waals surface area contributed by atoms with E-state index in [4.69, 9.17) is 5.26 Å². The molecule has 0 spiro atoms. The fraction of sp³-hybridized carbons (Fsp3) is 0.333. The Labute approximate surface area is 82.2 Å². The second-order valence-corrected chi connectivity index (χ2v) is 3.17. The molecule has 0 unspecified atom stereocenters. The number of rotatable bonds is 3. The molecule has 0 aromatic rings. The largest absolute Gasteiger partial charge is 0.293 e. The molecule has 0 aliphatic rings. The van der Waals surface area contributed by atoms with Gasteiger partial charge in [-0.1, -0.05) is 6.58 Å². The molecular weight excluding hydrogens is 187 g/mol. The summed E-state index contributed by atoms with van der Waals surface area (Å²) < 4.78 is 12.3. The minimum absolute atomic E-state index is 0.107. The van der Waals surface area contributed by atoms with Crippen LogP contribution in [0.4, 0.5) is 3.89 Å². The molecule has 0 amide bonds. The van der Waals surface area contributed by atoms with Crippen LogP contribution in [0.15, 0.2) is 27.6 Å². The number of nitrogens with zero attached hydrogens (tertiary/aromatic N) is 2. The third kappa shape index (κ3) is 3.03. The minimum atomic E-state index is 0.107. The smallest absolute Gasteiger partial charge is 0.0992 e. The van der Waals surface area contributed by atoms with Crippen molar-refractivity contribution in [1.29, 1.82) is 5.26 Å². The van der Waals surface area contributed by atoms with Crippen molar-refractivity contribution in [2.75, 3.05) is 7.05 Å². The van der Waals surface area contributed by atoms with Crippen LogP contribution in [-0.4, -0.2) is 12.8 Å². The van der Waals surface area contributed by atoms with Crippen molar-refractivity contribution in [2.45, 2.75) is 13.8 Å². The van der Waals surface area contributed by atoms with Gasteiger partial charge in [-0.25, -0.2) is 0 Å². The van der Waals surface area contributed by atoms with E-state index in [0.717, 1.165) is 0 Å². The first-order valence-electron chi connectivity index (χ1n) is 3.61. The average Bonchev–Trinajstić information content (AvgIpc) is 2.16. The molecule has 0 N–H and O–H groups in total. The Kier molecular flexibility index (Phi) is 5.09. The molecule has 0 aromatic heterocycles. The van der Waals surface area contributed by atoms with Gasteiger partial charge in [0.05, 0.1) is 23.8 Å². The summed E-state index contributed by atoms with van der Waals surface area (Å²) in [5, 5.41) is 8.62. The minimum Gasteiger partial charge on any atom is -0.293 e. The van der Waals surface area contributed by atoms with Crippen molar-refractivity contribution < 1.29 is 3.89 Å². The normalized spacial score (nSPS) is 13.3. The molecule has 0 aromatic carbocycles. The summed E-state index contributed by atoms with van der Waals surface area (Å²) in [7, 11) is 1.59. The number of allylic oxidation sites excluding steroid dienone is 3. The fourth-order valence-electron chi connectivity index (χ4n) is 0.892. The van der Waals surface area contributed by atoms with Gasteiger partial charge in [-0.3, -0.25) is 4.99 Å². The Morgan fingerprint density at radius 2 is 2.08 bits per heavy atom. The zero-order chi connectivity index (χ0) is 10.4. The Morgan fingerprint density at radius 3 is 2.38 bits per heavy atom. The summed E-state index contributed by atoms with van der Waals surface area (Å²) in [6.45, 7) is 6.85. The zero-order valence-electron chi connectivity index (χ0n) is 7.89. The first kappa shape index (κ1) is 11.9. The van der Waals surface area contributed by atoms with Crippen LogP contribution in [-0.2, 0) is 0 Å². The van der Waals surface area contributed by atoms with Crippen LogP contribution in [0.1, 0.15) is 13.8 Å². The van der Waals surface area contributed by atoms with Crippen molar-refractivity contribution in [2.24, 2.45) is 4.99 Å². The van der Waals surface area contributed by atoms with E-state index in [2.05, 4.69) is 11.6 Å². The van der Waals surface area contributed by atoms with E-state index >= 15 is 0 Å². The molecule has 0 rings (SSSR count). The van der Waals surface area contributed by atoms with Gasteiger partial charge in [-0.15, -0.1) is 0 Å². The first-order chi connectivity index (χ1) is 6.08. The van der Waals surface area contributed by atoms with Gasteiger partial charge in [0.15, 0.2) is 0 Å². The van der Waals surface area contributed by atoms with Gasteiger partial charge in [-0.05, 0) is 13.8 Å². The number of hydrogen-bond donors (Lipinski definition) is 0. The highest BCUT2D eigenvalue weighted by molar-refractivity contribution is 7.98. The molecule has 70 valence electrons. The number of halogens is 1. The van der Waals surface area contributed by atoms with E-state index in [1.54, 1.807) is 20.9 Å². The third-order valence-corrected chi connectivity index (χ3v) is 2.04. The number of nitriles is 1. The van der Waals surface area contributed by atoms with Crippen LogP contribution < -0.4 is 0 Å². The molecule has 13 heavy (non-hydrogen) atoms. The molecule has 0 aliphatic heterocycles. The molecule has 0 heterocycles. The molecule has 4 heteroatoms. The molecule has 0 fully saturated rings. The second kappa shape index (κ2) is 5.55. The first-order valence-corrected chi connectivity index (χ1v) is 4.32. The standard InChI is InChI=1S/C9H11FN2S/c1-6(5-11)9(7(2)12-4)8(3)13-10/h1H2,2-4H3/b9-8+,12-7-. The van der Waals surface area contributed by atoms with Crippen LogP contribution >= 0.6 is 12.1 Å². The van der Waals surface area contributed by atoms with Gasteiger partial charge in [0.25, 0.3) is 0 Å². The molecule has 0 bridgehead atoms. The van der Waals surface area contributed by atoms with E-state index in [1.807, 2.05) is 6.07 Å². The zero-order valence-corrected chi connectivity index (χ0v) is 8.70. The maximum atomic E-state index is 12.3. The van der Waals surface area contributed by atoms with Crippen molar-refractivity contribution in [3.05, 3.63) is 22.6 Å². The van der Waals surface area contributed by atoms with Crippen molar-refractivity contribution in [3.63, 3.8) is 0 Å². The van der Waals surface area contributed by atoms with E-state index in [-0.39, 0.29) is 17.7 Å². The number of aliphatic imine (C=N–C) groups is 1. The van der Waals surface area contributed by atoms with Gasteiger partial charge in [0.1, 0.15) is 0 Å². The summed E-state index contributed by atoms with van der Waals surface area (Å²) in [6, 6.07) is 1.88. The van der Waals surface area contributed by atoms with Crippen LogP contribution in [0, 0.1) is 11.3 Å². The highest BCUT2D eigenvalue weighted by atomic mass is 32.2. The summed E-state index contributed by atoms with van der Waals surface area (Å²) in [6.07, 6.45) is 0. The van der Waals surface area contributed by atoms with Crippen LogP contribution in [0.5, 0.6) is 0 Å². The molecule has 0 saturated heterocycles. The topological polar surface area (TPSA) is 36.1 Å². The molecule has 2 nitrogen and oxygen atoms in total. The highest BCUT2D eigenvalue weighted by Gasteiger charge is 2.10. The molecular formula is C9H11FN2S. The van der Waals surface area contributed by atoms with E-state index in [9.17, 15) is 3.89 Å². The van der Waals surface area contributed by atoms with Gasteiger partial charge in [0.2, 0.25) is 0 Å². The third-order valence-electron chi connectivity index (χ3n) is 1.60. The summed E-state index contributed by atoms with van der Waals surface area (Å²) >= 11 is 0.107. The Balaban J connectivity index is 5.26. The van der Waals surface area contributed by atoms with Gasteiger partial charge >= 0.3 is 0 Å². The van der Waals surface area contributed by atoms with Gasteiger partial charge in [-0.2, -0.15) is 9.15 Å². The summed E-state index contributed by atoms with van der Waals surface area (Å²) in [4.78, 5) is 4.31. The quantitative estimate of drug-likeness (QED) is 0.397. The maximum Gasteiger partial charge on any atom is 0.0992 e. The lowest BCUT2D eigenvalue weighted by molar-refractivity contribution is 0.942. The summed E-state index contributed by atoms with van der Waals surface area (Å²) in [5.41, 5.74) is 1.36. The lowest BCUT2D eigenvalue weighted by Gasteiger charge is -2.05. The van der Waals surface area contributed by atoms with E-state index in [1.165, 1.54) is 0 Å². The van der Waals surface area contributed by atoms with Gasteiger partial charge < -0.3 is 0 Å². The van der Waals surface area contributed by atoms with Crippen molar-refractivity contribution in [3.8, 4) is 6.07 Å². The monoisotopic (exact) mass is 198 g/mol. The molecule has 0 atom stereocenters. The second-order valence-electron chi connectivity index (χ2n) is 2.41. The maximum absolute atomic E-state index is 12.3. The van der Waals surface area contributed by atoms with E-state index in [0.29, 0.717) is 16.2 Å². The Morgan fingerprint density at radius 1 is 1.54 bits per heavy atom. The molecule has 0 saturated carbocycles. The van der Waals surface area contributed by atoms with Crippen LogP contribution in [0.2, 0.25) is 0 Å². The predicted octanol–water partition coefficient (Wildman–Crippen LogP) is 3.05. The summed E-state index contributed by atoms with van der Waals surface area (Å²) in [5.74, 6) is 0. The van der Waals surface area contributed by atoms with E-state index < -0.39 is 0 Å². The number of hydrogen-bond acceptors (Lipinski definition) is 3. The van der Waals surface area contributed by atoms with Crippen molar-refractivity contribution >= 4 is 17.9 Å². The lowest BCUT2D eigenvalue weighted by Crippen LogP contribution is -2.01. The molecule has 0 radical (unpaired) electrons.